The lowest BCUT2D eigenvalue weighted by molar-refractivity contribution is -0.140. The highest BCUT2D eigenvalue weighted by atomic mass is 35.5. The average Bonchev–Trinajstić information content (AvgIpc) is 2.72. The van der Waals surface area contributed by atoms with Crippen LogP contribution in [-0.4, -0.2) is 21.0 Å². The highest BCUT2D eigenvalue weighted by Gasteiger charge is 2.37. The molecule has 0 spiro atoms. The van der Waals surface area contributed by atoms with Crippen molar-refractivity contribution in [2.24, 2.45) is 0 Å². The molecule has 0 unspecified atom stereocenters. The first-order chi connectivity index (χ1) is 10.5. The van der Waals surface area contributed by atoms with Gasteiger partial charge < -0.3 is 10.1 Å². The predicted molar refractivity (Wildman–Crippen MR) is 78.3 cm³/mol. The number of carbonyl (C=O) groups excluding carboxylic acids is 1. The number of amides is 1. The van der Waals surface area contributed by atoms with Crippen LogP contribution in [0.2, 0.25) is 5.15 Å². The Hall–Kier alpha value is -1.96. The minimum absolute atomic E-state index is 0.00613. The first-order valence-electron chi connectivity index (χ1n) is 6.66. The average molecular weight is 350 g/mol. The maximum absolute atomic E-state index is 12.9. The van der Waals surface area contributed by atoms with Gasteiger partial charge in [-0.1, -0.05) is 17.7 Å². The van der Waals surface area contributed by atoms with Crippen LogP contribution in [0.1, 0.15) is 32.0 Å². The Labute approximate surface area is 135 Å². The number of hydrogen-bond acceptors (Lipinski definition) is 3. The minimum atomic E-state index is -4.66. The normalized spacial score (nSPS) is 12.5. The molecule has 1 N–H and O–H groups in total. The van der Waals surface area contributed by atoms with Crippen LogP contribution >= 0.6 is 11.6 Å². The van der Waals surface area contributed by atoms with Crippen molar-refractivity contribution in [3.05, 3.63) is 34.7 Å². The van der Waals surface area contributed by atoms with Crippen molar-refractivity contribution in [1.82, 2.24) is 14.7 Å². The first-order valence-corrected chi connectivity index (χ1v) is 7.04. The molecule has 0 bridgehead atoms. The maximum Gasteiger partial charge on any atom is 0.436 e. The van der Waals surface area contributed by atoms with E-state index in [4.69, 9.17) is 16.3 Å². The van der Waals surface area contributed by atoms with Gasteiger partial charge in [0.1, 0.15) is 17.4 Å². The van der Waals surface area contributed by atoms with Crippen LogP contribution in [-0.2, 0) is 17.5 Å². The molecule has 2 heterocycles. The van der Waals surface area contributed by atoms with Gasteiger partial charge in [-0.05, 0) is 26.8 Å². The molecule has 0 aliphatic heterocycles. The maximum atomic E-state index is 12.9. The highest BCUT2D eigenvalue weighted by molar-refractivity contribution is 6.30. The molecule has 2 aromatic rings. The number of ether oxygens (including phenoxy) is 1. The zero-order chi connectivity index (χ0) is 17.4. The van der Waals surface area contributed by atoms with E-state index >= 15 is 0 Å². The van der Waals surface area contributed by atoms with Gasteiger partial charge in [0, 0.05) is 17.3 Å². The highest BCUT2D eigenvalue weighted by Crippen LogP contribution is 2.35. The van der Waals surface area contributed by atoms with Crippen molar-refractivity contribution < 1.29 is 22.7 Å². The zero-order valence-electron chi connectivity index (χ0n) is 12.7. The summed E-state index contributed by atoms with van der Waals surface area (Å²) < 4.78 is 44.7. The number of aromatic nitrogens is 2. The van der Waals surface area contributed by atoms with Crippen LogP contribution in [0.5, 0.6) is 0 Å². The number of fused-ring (bicyclic) bond motifs is 1. The summed E-state index contributed by atoms with van der Waals surface area (Å²) in [5, 5.41) is 2.05. The van der Waals surface area contributed by atoms with Crippen molar-refractivity contribution in [3.8, 4) is 0 Å². The topological polar surface area (TPSA) is 55.6 Å². The van der Waals surface area contributed by atoms with Crippen LogP contribution in [0.25, 0.3) is 5.65 Å². The second-order valence-electron chi connectivity index (χ2n) is 5.93. The van der Waals surface area contributed by atoms with Gasteiger partial charge in [-0.3, -0.25) is 4.40 Å². The molecule has 0 saturated carbocycles. The Balaban J connectivity index is 2.27. The van der Waals surface area contributed by atoms with Crippen LogP contribution in [0, 0.1) is 0 Å². The summed E-state index contributed by atoms with van der Waals surface area (Å²) in [4.78, 5) is 15.2. The Morgan fingerprint density at radius 1 is 1.39 bits per heavy atom. The molecule has 0 fully saturated rings. The summed E-state index contributed by atoms with van der Waals surface area (Å²) >= 11 is 5.72. The molecule has 0 radical (unpaired) electrons. The van der Waals surface area contributed by atoms with E-state index in [9.17, 15) is 18.0 Å². The summed E-state index contributed by atoms with van der Waals surface area (Å²) in [6.07, 6.45) is -3.98. The zero-order valence-corrected chi connectivity index (χ0v) is 13.4. The molecule has 0 aliphatic rings. The van der Waals surface area contributed by atoms with Gasteiger partial charge in [0.05, 0.1) is 0 Å². The van der Waals surface area contributed by atoms with Crippen LogP contribution in [0.3, 0.4) is 0 Å². The third-order valence-corrected chi connectivity index (χ3v) is 3.14. The van der Waals surface area contributed by atoms with E-state index in [0.717, 1.165) is 4.40 Å². The number of alkyl carbamates (subject to hydrolysis) is 1. The first kappa shape index (κ1) is 17.4. The number of pyridine rings is 1. The van der Waals surface area contributed by atoms with Crippen molar-refractivity contribution >= 4 is 23.3 Å². The second-order valence-corrected chi connectivity index (χ2v) is 6.29. The quantitative estimate of drug-likeness (QED) is 0.890. The van der Waals surface area contributed by atoms with Gasteiger partial charge >= 0.3 is 12.3 Å². The summed E-state index contributed by atoms with van der Waals surface area (Å²) in [7, 11) is 0. The lowest BCUT2D eigenvalue weighted by atomic mass is 10.1. The number of nitrogens with one attached hydrogen (secondary N) is 1. The summed E-state index contributed by atoms with van der Waals surface area (Å²) in [5.41, 5.74) is -1.35. The number of alkyl halides is 3. The van der Waals surface area contributed by atoms with E-state index in [1.165, 1.54) is 18.3 Å². The van der Waals surface area contributed by atoms with Crippen molar-refractivity contribution in [2.75, 3.05) is 0 Å². The Morgan fingerprint density at radius 2 is 2.04 bits per heavy atom. The lowest BCUT2D eigenvalue weighted by Gasteiger charge is -2.19. The predicted octanol–water partition coefficient (Wildman–Crippen LogP) is 4.03. The van der Waals surface area contributed by atoms with Crippen molar-refractivity contribution in [2.45, 2.75) is 39.1 Å². The smallest absolute Gasteiger partial charge is 0.436 e. The molecular weight excluding hydrogens is 335 g/mol. The Bertz CT molecular complexity index is 735. The Kier molecular flexibility index (Phi) is 4.48. The van der Waals surface area contributed by atoms with Gasteiger partial charge in [0.25, 0.3) is 0 Å². The van der Waals surface area contributed by atoms with Crippen molar-refractivity contribution in [3.63, 3.8) is 0 Å². The van der Waals surface area contributed by atoms with Crippen LogP contribution in [0.15, 0.2) is 18.3 Å². The number of nitrogens with zero attached hydrogens (tertiary/aromatic N) is 2. The number of carbonyl (C=O) groups is 1. The molecule has 1 amide bonds. The van der Waals surface area contributed by atoms with E-state index in [1.807, 2.05) is 0 Å². The summed E-state index contributed by atoms with van der Waals surface area (Å²) in [6.45, 7) is 5.10. The number of halogens is 4. The molecule has 0 aromatic carbocycles. The number of rotatable bonds is 2. The second kappa shape index (κ2) is 5.92. The number of hydrogen-bond donors (Lipinski definition) is 1. The molecular formula is C14H15ClF3N3O2. The fourth-order valence-electron chi connectivity index (χ4n) is 1.87. The molecule has 0 aliphatic carbocycles. The summed E-state index contributed by atoms with van der Waals surface area (Å²) in [5.74, 6) is 0. The SMILES string of the molecule is CC(C)(C)NC(=O)OCc1cccn2c(Cl)c(C(F)(F)F)nc12. The fraction of sp³-hybridized carbons (Fsp3) is 0.429. The molecule has 9 heteroatoms. The molecule has 0 saturated heterocycles. The van der Waals surface area contributed by atoms with Gasteiger partial charge in [-0.15, -0.1) is 0 Å². The Morgan fingerprint density at radius 3 is 2.61 bits per heavy atom. The molecule has 0 atom stereocenters. The van der Waals surface area contributed by atoms with Crippen LogP contribution < -0.4 is 5.32 Å². The van der Waals surface area contributed by atoms with E-state index in [2.05, 4.69) is 10.3 Å². The molecule has 23 heavy (non-hydrogen) atoms. The fourth-order valence-corrected chi connectivity index (χ4v) is 2.16. The third kappa shape index (κ3) is 4.07. The van der Waals surface area contributed by atoms with Crippen molar-refractivity contribution in [1.29, 1.82) is 0 Å². The van der Waals surface area contributed by atoms with E-state index in [-0.39, 0.29) is 12.3 Å². The van der Waals surface area contributed by atoms with Gasteiger partial charge in [0.15, 0.2) is 5.69 Å². The third-order valence-electron chi connectivity index (χ3n) is 2.78. The number of imidazole rings is 1. The lowest BCUT2D eigenvalue weighted by Crippen LogP contribution is -2.40. The monoisotopic (exact) mass is 349 g/mol. The van der Waals surface area contributed by atoms with E-state index < -0.39 is 28.7 Å². The minimum Gasteiger partial charge on any atom is -0.445 e. The molecule has 5 nitrogen and oxygen atoms in total. The van der Waals surface area contributed by atoms with E-state index in [1.54, 1.807) is 20.8 Å². The van der Waals surface area contributed by atoms with Crippen LogP contribution in [0.4, 0.5) is 18.0 Å². The summed E-state index contributed by atoms with van der Waals surface area (Å²) in [6, 6.07) is 3.02. The van der Waals surface area contributed by atoms with E-state index in [0.29, 0.717) is 5.56 Å². The standard InChI is InChI=1S/C14H15ClF3N3O2/c1-13(2,3)20-12(22)23-7-8-5-4-6-21-10(15)9(14(16,17)18)19-11(8)21/h4-6H,7H2,1-3H3,(H,20,22). The molecule has 126 valence electrons. The van der Waals surface area contributed by atoms with Gasteiger partial charge in [-0.25, -0.2) is 9.78 Å². The van der Waals surface area contributed by atoms with Gasteiger partial charge in [0.2, 0.25) is 0 Å². The molecule has 2 aromatic heterocycles. The van der Waals surface area contributed by atoms with Gasteiger partial charge in [-0.2, -0.15) is 13.2 Å². The largest absolute Gasteiger partial charge is 0.445 e. The molecule has 2 rings (SSSR count).